The van der Waals surface area contributed by atoms with Gasteiger partial charge in [0.1, 0.15) is 5.56 Å². The summed E-state index contributed by atoms with van der Waals surface area (Å²) in [6.45, 7) is 3.30. The number of ether oxygens (including phenoxy) is 4. The molecule has 0 radical (unpaired) electrons. The van der Waals surface area contributed by atoms with Crippen molar-refractivity contribution in [2.75, 3.05) is 41.0 Å². The van der Waals surface area contributed by atoms with Gasteiger partial charge in [-0.15, -0.1) is 0 Å². The molecule has 0 N–H and O–H groups in total. The quantitative estimate of drug-likeness (QED) is 0.731. The van der Waals surface area contributed by atoms with Gasteiger partial charge in [-0.1, -0.05) is 6.92 Å². The zero-order valence-corrected chi connectivity index (χ0v) is 15.2. The molecule has 0 unspecified atom stereocenters. The van der Waals surface area contributed by atoms with Crippen molar-refractivity contribution in [2.45, 2.75) is 19.8 Å². The molecule has 7 nitrogen and oxygen atoms in total. The standard InChI is InChI=1S/C18H25NO6/c1-12-7-9-19(10-8-12)15(20)11-25-18(21)13-5-6-14(22-2)17(24-4)16(13)23-3/h5-6,12H,7-11H2,1-4H3. The Hall–Kier alpha value is -2.44. The van der Waals surface area contributed by atoms with E-state index in [1.54, 1.807) is 11.0 Å². The number of rotatable bonds is 6. The fourth-order valence-electron chi connectivity index (χ4n) is 2.82. The predicted octanol–water partition coefficient (Wildman–Crippen LogP) is 2.13. The third-order valence-electron chi connectivity index (χ3n) is 4.39. The molecule has 2 rings (SSSR count). The first-order valence-electron chi connectivity index (χ1n) is 8.25. The van der Waals surface area contributed by atoms with E-state index in [0.717, 1.165) is 12.8 Å². The number of piperidine rings is 1. The van der Waals surface area contributed by atoms with Crippen molar-refractivity contribution in [1.82, 2.24) is 4.90 Å². The molecule has 7 heteroatoms. The molecule has 1 saturated heterocycles. The molecule has 0 aromatic heterocycles. The van der Waals surface area contributed by atoms with Gasteiger partial charge in [0.05, 0.1) is 21.3 Å². The van der Waals surface area contributed by atoms with Gasteiger partial charge < -0.3 is 23.8 Å². The van der Waals surface area contributed by atoms with E-state index < -0.39 is 5.97 Å². The monoisotopic (exact) mass is 351 g/mol. The lowest BCUT2D eigenvalue weighted by Crippen LogP contribution is -2.40. The molecular formula is C18H25NO6. The second-order valence-electron chi connectivity index (χ2n) is 6.02. The van der Waals surface area contributed by atoms with Gasteiger partial charge in [0, 0.05) is 13.1 Å². The molecule has 1 fully saturated rings. The van der Waals surface area contributed by atoms with Crippen LogP contribution in [0.2, 0.25) is 0 Å². The molecule has 138 valence electrons. The molecule has 1 aliphatic rings. The van der Waals surface area contributed by atoms with E-state index in [2.05, 4.69) is 6.92 Å². The number of benzene rings is 1. The number of carbonyl (C=O) groups is 2. The van der Waals surface area contributed by atoms with Crippen LogP contribution in [0.4, 0.5) is 0 Å². The van der Waals surface area contributed by atoms with Crippen LogP contribution in [-0.2, 0) is 9.53 Å². The maximum atomic E-state index is 12.4. The smallest absolute Gasteiger partial charge is 0.342 e. The number of likely N-dealkylation sites (tertiary alicyclic amines) is 1. The van der Waals surface area contributed by atoms with Gasteiger partial charge in [-0.25, -0.2) is 4.79 Å². The maximum absolute atomic E-state index is 12.4. The number of nitrogens with zero attached hydrogens (tertiary/aromatic N) is 1. The van der Waals surface area contributed by atoms with E-state index in [-0.39, 0.29) is 23.8 Å². The molecule has 1 aromatic carbocycles. The van der Waals surface area contributed by atoms with Gasteiger partial charge in [-0.05, 0) is 30.9 Å². The van der Waals surface area contributed by atoms with E-state index in [4.69, 9.17) is 18.9 Å². The Morgan fingerprint density at radius 1 is 1.04 bits per heavy atom. The van der Waals surface area contributed by atoms with Crippen LogP contribution < -0.4 is 14.2 Å². The lowest BCUT2D eigenvalue weighted by Gasteiger charge is -2.30. The van der Waals surface area contributed by atoms with Crippen LogP contribution >= 0.6 is 0 Å². The van der Waals surface area contributed by atoms with Crippen LogP contribution in [0.25, 0.3) is 0 Å². The zero-order valence-electron chi connectivity index (χ0n) is 15.2. The Balaban J connectivity index is 2.04. The van der Waals surface area contributed by atoms with Crippen molar-refractivity contribution >= 4 is 11.9 Å². The Bertz CT molecular complexity index is 622. The minimum Gasteiger partial charge on any atom is -0.493 e. The predicted molar refractivity (Wildman–Crippen MR) is 91.4 cm³/mol. The van der Waals surface area contributed by atoms with E-state index in [1.807, 2.05) is 0 Å². The van der Waals surface area contributed by atoms with E-state index in [1.165, 1.54) is 27.4 Å². The fourth-order valence-corrected chi connectivity index (χ4v) is 2.82. The number of hydrogen-bond acceptors (Lipinski definition) is 6. The van der Waals surface area contributed by atoms with Gasteiger partial charge in [0.2, 0.25) is 5.75 Å². The first kappa shape index (κ1) is 18.9. The summed E-state index contributed by atoms with van der Waals surface area (Å²) < 4.78 is 20.9. The second kappa shape index (κ2) is 8.60. The highest BCUT2D eigenvalue weighted by Gasteiger charge is 2.24. The minimum atomic E-state index is -0.642. The lowest BCUT2D eigenvalue weighted by molar-refractivity contribution is -0.135. The van der Waals surface area contributed by atoms with Crippen LogP contribution in [-0.4, -0.2) is 57.8 Å². The zero-order chi connectivity index (χ0) is 18.4. The van der Waals surface area contributed by atoms with Crippen LogP contribution in [0.1, 0.15) is 30.1 Å². The van der Waals surface area contributed by atoms with Crippen LogP contribution in [0.3, 0.4) is 0 Å². The van der Waals surface area contributed by atoms with Gasteiger partial charge in [0.15, 0.2) is 18.1 Å². The van der Waals surface area contributed by atoms with Crippen molar-refractivity contribution in [3.63, 3.8) is 0 Å². The topological polar surface area (TPSA) is 74.3 Å². The van der Waals surface area contributed by atoms with Crippen LogP contribution in [0, 0.1) is 5.92 Å². The van der Waals surface area contributed by atoms with Crippen LogP contribution in [0.15, 0.2) is 12.1 Å². The largest absolute Gasteiger partial charge is 0.493 e. The van der Waals surface area contributed by atoms with E-state index in [0.29, 0.717) is 30.5 Å². The number of hydrogen-bond donors (Lipinski definition) is 0. The highest BCUT2D eigenvalue weighted by molar-refractivity contribution is 5.95. The minimum absolute atomic E-state index is 0.181. The van der Waals surface area contributed by atoms with Gasteiger partial charge in [-0.3, -0.25) is 4.79 Å². The summed E-state index contributed by atoms with van der Waals surface area (Å²) in [4.78, 5) is 26.3. The second-order valence-corrected chi connectivity index (χ2v) is 6.02. The molecule has 0 spiro atoms. The highest BCUT2D eigenvalue weighted by Crippen LogP contribution is 2.39. The number of methoxy groups -OCH3 is 3. The van der Waals surface area contributed by atoms with Gasteiger partial charge in [0.25, 0.3) is 5.91 Å². The fraction of sp³-hybridized carbons (Fsp3) is 0.556. The lowest BCUT2D eigenvalue weighted by atomic mass is 9.99. The summed E-state index contributed by atoms with van der Waals surface area (Å²) in [7, 11) is 4.37. The summed E-state index contributed by atoms with van der Waals surface area (Å²) in [6.07, 6.45) is 1.95. The maximum Gasteiger partial charge on any atom is 0.342 e. The first-order valence-corrected chi connectivity index (χ1v) is 8.25. The molecule has 0 atom stereocenters. The highest BCUT2D eigenvalue weighted by atomic mass is 16.5. The third-order valence-corrected chi connectivity index (χ3v) is 4.39. The molecular weight excluding hydrogens is 326 g/mol. The Morgan fingerprint density at radius 3 is 2.24 bits per heavy atom. The average molecular weight is 351 g/mol. The van der Waals surface area contributed by atoms with E-state index in [9.17, 15) is 9.59 Å². The first-order chi connectivity index (χ1) is 12.0. The average Bonchev–Trinajstić information content (AvgIpc) is 2.64. The van der Waals surface area contributed by atoms with Crippen molar-refractivity contribution in [1.29, 1.82) is 0 Å². The Labute approximate surface area is 147 Å². The summed E-state index contributed by atoms with van der Waals surface area (Å²) in [5.74, 6) is 0.759. The molecule has 1 amide bonds. The Kier molecular flexibility index (Phi) is 6.50. The molecule has 0 bridgehead atoms. The SMILES string of the molecule is COc1ccc(C(=O)OCC(=O)N2CCC(C)CC2)c(OC)c1OC. The van der Waals surface area contributed by atoms with E-state index >= 15 is 0 Å². The summed E-state index contributed by atoms with van der Waals surface area (Å²) in [5.41, 5.74) is 0.181. The summed E-state index contributed by atoms with van der Waals surface area (Å²) in [6, 6.07) is 3.11. The van der Waals surface area contributed by atoms with Crippen molar-refractivity contribution in [3.8, 4) is 17.2 Å². The number of esters is 1. The molecule has 0 saturated carbocycles. The molecule has 1 aliphatic heterocycles. The molecule has 1 heterocycles. The normalized spacial score (nSPS) is 14.8. The van der Waals surface area contributed by atoms with Crippen molar-refractivity contribution in [2.24, 2.45) is 5.92 Å². The molecule has 0 aliphatic carbocycles. The Morgan fingerprint density at radius 2 is 1.68 bits per heavy atom. The van der Waals surface area contributed by atoms with Crippen molar-refractivity contribution < 1.29 is 28.5 Å². The van der Waals surface area contributed by atoms with Gasteiger partial charge >= 0.3 is 5.97 Å². The van der Waals surface area contributed by atoms with Crippen LogP contribution in [0.5, 0.6) is 17.2 Å². The number of amides is 1. The number of carbonyl (C=O) groups excluding carboxylic acids is 2. The van der Waals surface area contributed by atoms with Crippen molar-refractivity contribution in [3.05, 3.63) is 17.7 Å². The third kappa shape index (κ3) is 4.35. The summed E-state index contributed by atoms with van der Waals surface area (Å²) in [5, 5.41) is 0. The summed E-state index contributed by atoms with van der Waals surface area (Å²) >= 11 is 0. The molecule has 1 aromatic rings. The van der Waals surface area contributed by atoms with Gasteiger partial charge in [-0.2, -0.15) is 0 Å². The molecule has 25 heavy (non-hydrogen) atoms.